The van der Waals surface area contributed by atoms with Crippen LogP contribution < -0.4 is 0 Å². The molecule has 1 saturated heterocycles. The summed E-state index contributed by atoms with van der Waals surface area (Å²) in [7, 11) is 2.11. The largest absolute Gasteiger partial charge is 0.374 e. The van der Waals surface area contributed by atoms with Crippen molar-refractivity contribution in [3.8, 4) is 0 Å². The van der Waals surface area contributed by atoms with Crippen LogP contribution in [0.4, 0.5) is 0 Å². The van der Waals surface area contributed by atoms with Gasteiger partial charge in [-0.05, 0) is 27.8 Å². The van der Waals surface area contributed by atoms with E-state index in [4.69, 9.17) is 16.3 Å². The van der Waals surface area contributed by atoms with E-state index < -0.39 is 0 Å². The van der Waals surface area contributed by atoms with Gasteiger partial charge in [-0.25, -0.2) is 0 Å². The van der Waals surface area contributed by atoms with Crippen LogP contribution in [0.2, 0.25) is 0 Å². The van der Waals surface area contributed by atoms with Gasteiger partial charge in [-0.3, -0.25) is 4.90 Å². The topological polar surface area (TPSA) is 15.7 Å². The highest BCUT2D eigenvalue weighted by atomic mass is 35.5. The van der Waals surface area contributed by atoms with Crippen molar-refractivity contribution in [3.63, 3.8) is 0 Å². The van der Waals surface area contributed by atoms with E-state index in [1.165, 1.54) is 0 Å². The van der Waals surface area contributed by atoms with E-state index in [9.17, 15) is 0 Å². The second kappa shape index (κ2) is 6.80. The van der Waals surface area contributed by atoms with Crippen molar-refractivity contribution in [1.82, 2.24) is 9.80 Å². The zero-order valence-corrected chi connectivity index (χ0v) is 11.7. The maximum absolute atomic E-state index is 5.98. The van der Waals surface area contributed by atoms with Crippen LogP contribution in [0.1, 0.15) is 20.8 Å². The average Bonchev–Trinajstić information content (AvgIpc) is 2.16. The van der Waals surface area contributed by atoms with Crippen LogP contribution in [-0.2, 0) is 4.74 Å². The highest BCUT2D eigenvalue weighted by Crippen LogP contribution is 2.10. The molecule has 0 saturated carbocycles. The van der Waals surface area contributed by atoms with Crippen LogP contribution in [0.15, 0.2) is 0 Å². The van der Waals surface area contributed by atoms with Gasteiger partial charge in [0.1, 0.15) is 0 Å². The summed E-state index contributed by atoms with van der Waals surface area (Å²) in [6.45, 7) is 11.4. The Labute approximate surface area is 105 Å². The van der Waals surface area contributed by atoms with Crippen molar-refractivity contribution in [1.29, 1.82) is 0 Å². The number of rotatable bonds is 5. The van der Waals surface area contributed by atoms with Crippen molar-refractivity contribution < 1.29 is 4.74 Å². The fourth-order valence-corrected chi connectivity index (χ4v) is 2.41. The molecular weight excluding hydrogens is 224 g/mol. The molecule has 2 unspecified atom stereocenters. The summed E-state index contributed by atoms with van der Waals surface area (Å²) in [6, 6.07) is 0.614. The first-order chi connectivity index (χ1) is 7.49. The second-order valence-electron chi connectivity index (χ2n) is 5.08. The molecule has 0 radical (unpaired) electrons. The molecule has 16 heavy (non-hydrogen) atoms. The van der Waals surface area contributed by atoms with Crippen molar-refractivity contribution in [3.05, 3.63) is 0 Å². The first-order valence-corrected chi connectivity index (χ1v) is 6.61. The molecule has 96 valence electrons. The molecule has 2 atom stereocenters. The summed E-state index contributed by atoms with van der Waals surface area (Å²) in [5.74, 6) is 0. The predicted octanol–water partition coefficient (Wildman–Crippen LogP) is 1.65. The van der Waals surface area contributed by atoms with Crippen LogP contribution >= 0.6 is 11.6 Å². The molecule has 0 spiro atoms. The molecule has 1 aliphatic rings. The van der Waals surface area contributed by atoms with E-state index >= 15 is 0 Å². The minimum absolute atomic E-state index is 0.204. The van der Waals surface area contributed by atoms with Gasteiger partial charge >= 0.3 is 0 Å². The molecule has 0 bridgehead atoms. The Bertz CT molecular complexity index is 199. The average molecular weight is 249 g/mol. The van der Waals surface area contributed by atoms with Gasteiger partial charge < -0.3 is 9.64 Å². The van der Waals surface area contributed by atoms with Gasteiger partial charge in [0.25, 0.3) is 0 Å². The number of morpholine rings is 1. The monoisotopic (exact) mass is 248 g/mol. The van der Waals surface area contributed by atoms with Gasteiger partial charge in [-0.15, -0.1) is 11.6 Å². The molecule has 1 heterocycles. The number of alkyl halides is 1. The Hall–Kier alpha value is 0.170. The Balaban J connectivity index is 2.31. The molecule has 0 aromatic carbocycles. The van der Waals surface area contributed by atoms with Gasteiger partial charge in [-0.2, -0.15) is 0 Å². The second-order valence-corrected chi connectivity index (χ2v) is 5.83. The zero-order chi connectivity index (χ0) is 12.1. The third-order valence-corrected chi connectivity index (χ3v) is 3.12. The first kappa shape index (κ1) is 14.2. The lowest BCUT2D eigenvalue weighted by Crippen LogP contribution is -2.49. The maximum Gasteiger partial charge on any atom is 0.0829 e. The zero-order valence-electron chi connectivity index (χ0n) is 10.9. The summed E-state index contributed by atoms with van der Waals surface area (Å²) in [6.07, 6.45) is 0.330. The van der Waals surface area contributed by atoms with Crippen LogP contribution in [0, 0.1) is 0 Å². The molecule has 4 heteroatoms. The van der Waals surface area contributed by atoms with Crippen LogP contribution in [-0.4, -0.2) is 67.2 Å². The van der Waals surface area contributed by atoms with Crippen molar-refractivity contribution in [2.75, 3.05) is 39.8 Å². The number of ether oxygens (including phenoxy) is 1. The molecule has 1 rings (SSSR count). The summed E-state index contributed by atoms with van der Waals surface area (Å²) in [5.41, 5.74) is 0. The van der Waals surface area contributed by atoms with E-state index in [1.54, 1.807) is 0 Å². The van der Waals surface area contributed by atoms with Crippen molar-refractivity contribution >= 4 is 11.6 Å². The van der Waals surface area contributed by atoms with E-state index in [0.29, 0.717) is 12.1 Å². The highest BCUT2D eigenvalue weighted by Gasteiger charge is 2.23. The van der Waals surface area contributed by atoms with E-state index in [2.05, 4.69) is 30.7 Å². The number of halogens is 1. The Morgan fingerprint density at radius 3 is 2.69 bits per heavy atom. The number of likely N-dealkylation sites (N-methyl/N-ethyl adjacent to an activating group) is 1. The summed E-state index contributed by atoms with van der Waals surface area (Å²) >= 11 is 5.98. The minimum Gasteiger partial charge on any atom is -0.374 e. The standard InChI is InChI=1S/C12H25ClN2O/c1-10(2)15-5-6-16-12(9-15)8-14(4)7-11(3)13/h10-12H,5-9H2,1-4H3. The molecule has 0 amide bonds. The van der Waals surface area contributed by atoms with Crippen LogP contribution in [0.5, 0.6) is 0 Å². The lowest BCUT2D eigenvalue weighted by molar-refractivity contribution is -0.0493. The number of nitrogens with zero attached hydrogens (tertiary/aromatic N) is 2. The van der Waals surface area contributed by atoms with Crippen LogP contribution in [0.25, 0.3) is 0 Å². The quantitative estimate of drug-likeness (QED) is 0.689. The molecule has 0 aromatic heterocycles. The number of hydrogen-bond donors (Lipinski definition) is 0. The molecule has 3 nitrogen and oxygen atoms in total. The van der Waals surface area contributed by atoms with Gasteiger partial charge in [-0.1, -0.05) is 0 Å². The SMILES string of the molecule is CC(Cl)CN(C)CC1CN(C(C)C)CCO1. The lowest BCUT2D eigenvalue weighted by Gasteiger charge is -2.37. The van der Waals surface area contributed by atoms with Crippen molar-refractivity contribution in [2.45, 2.75) is 38.3 Å². The Morgan fingerprint density at radius 1 is 1.44 bits per heavy atom. The van der Waals surface area contributed by atoms with Crippen LogP contribution in [0.3, 0.4) is 0 Å². The molecule has 1 fully saturated rings. The Kier molecular flexibility index (Phi) is 6.05. The van der Waals surface area contributed by atoms with Gasteiger partial charge in [0, 0.05) is 37.6 Å². The highest BCUT2D eigenvalue weighted by molar-refractivity contribution is 6.20. The predicted molar refractivity (Wildman–Crippen MR) is 69.3 cm³/mol. The minimum atomic E-state index is 0.204. The summed E-state index contributed by atoms with van der Waals surface area (Å²) in [4.78, 5) is 4.73. The molecule has 0 N–H and O–H groups in total. The van der Waals surface area contributed by atoms with Gasteiger partial charge in [0.2, 0.25) is 0 Å². The normalized spacial score (nSPS) is 25.3. The molecular formula is C12H25ClN2O. The van der Waals surface area contributed by atoms with E-state index in [0.717, 1.165) is 32.8 Å². The maximum atomic E-state index is 5.98. The fraction of sp³-hybridized carbons (Fsp3) is 1.00. The fourth-order valence-electron chi connectivity index (χ4n) is 2.17. The first-order valence-electron chi connectivity index (χ1n) is 6.17. The summed E-state index contributed by atoms with van der Waals surface area (Å²) in [5, 5.41) is 0.204. The smallest absolute Gasteiger partial charge is 0.0829 e. The van der Waals surface area contributed by atoms with Gasteiger partial charge in [0.05, 0.1) is 12.7 Å². The third kappa shape index (κ3) is 5.00. The molecule has 0 aromatic rings. The van der Waals surface area contributed by atoms with Gasteiger partial charge in [0.15, 0.2) is 0 Å². The third-order valence-electron chi connectivity index (χ3n) is 2.98. The molecule has 1 aliphatic heterocycles. The Morgan fingerprint density at radius 2 is 2.12 bits per heavy atom. The van der Waals surface area contributed by atoms with E-state index in [-0.39, 0.29) is 5.38 Å². The summed E-state index contributed by atoms with van der Waals surface area (Å²) < 4.78 is 5.78. The van der Waals surface area contributed by atoms with E-state index in [1.807, 2.05) is 6.92 Å². The molecule has 0 aliphatic carbocycles. The lowest BCUT2D eigenvalue weighted by atomic mass is 10.2. The van der Waals surface area contributed by atoms with Crippen molar-refractivity contribution in [2.24, 2.45) is 0 Å². The number of hydrogen-bond acceptors (Lipinski definition) is 3.